The van der Waals surface area contributed by atoms with Gasteiger partial charge in [0, 0.05) is 11.4 Å². The average Bonchev–Trinajstić information content (AvgIpc) is 2.90. The molecule has 2 rings (SSSR count). The number of rotatable bonds is 6. The number of carbonyl (C=O) groups excluding carboxylic acids is 1. The molecule has 1 atom stereocenters. The lowest BCUT2D eigenvalue weighted by molar-refractivity contribution is 0.103. The molecule has 0 bridgehead atoms. The molecule has 1 unspecified atom stereocenters. The van der Waals surface area contributed by atoms with Crippen LogP contribution >= 0.6 is 11.6 Å². The summed E-state index contributed by atoms with van der Waals surface area (Å²) in [6, 6.07) is 7.73. The zero-order chi connectivity index (χ0) is 17.1. The van der Waals surface area contributed by atoms with Crippen LogP contribution in [0, 0.1) is 0 Å². The summed E-state index contributed by atoms with van der Waals surface area (Å²) in [7, 11) is -1.34. The monoisotopic (exact) mass is 350 g/mol. The summed E-state index contributed by atoms with van der Waals surface area (Å²) in [5, 5.41) is 0.449. The van der Waals surface area contributed by atoms with Crippen molar-refractivity contribution in [1.82, 2.24) is 9.55 Å². The van der Waals surface area contributed by atoms with Crippen LogP contribution in [0.3, 0.4) is 0 Å². The van der Waals surface area contributed by atoms with Crippen LogP contribution in [0.25, 0.3) is 5.69 Å². The minimum absolute atomic E-state index is 0.0931. The topological polar surface area (TPSA) is 52.0 Å². The first-order valence-corrected chi connectivity index (χ1v) is 9.06. The highest BCUT2D eigenvalue weighted by Crippen LogP contribution is 2.27. The maximum absolute atomic E-state index is 12.3. The van der Waals surface area contributed by atoms with Crippen molar-refractivity contribution < 1.29 is 9.00 Å². The molecule has 1 aromatic heterocycles. The predicted octanol–water partition coefficient (Wildman–Crippen LogP) is 3.97. The predicted molar refractivity (Wildman–Crippen MR) is 94.0 cm³/mol. The molecular formula is C17H19ClN2O2S. The highest BCUT2D eigenvalue weighted by atomic mass is 35.5. The molecule has 0 fully saturated rings. The molecule has 0 amide bonds. The first-order valence-electron chi connectivity index (χ1n) is 7.36. The normalized spacial score (nSPS) is 12.2. The molecule has 1 heterocycles. The molecule has 0 spiro atoms. The van der Waals surface area contributed by atoms with Crippen LogP contribution in [0.15, 0.2) is 41.6 Å². The standard InChI is InChI=1S/C17H19ClN2O2S/c1-5-12-7-9-13(10-8-12)20-16(18)14(15(21)11(3)4)19-17(20)23(22)6-2/h7-10H,3,5-6H2,1-2,4H3. The van der Waals surface area contributed by atoms with Crippen LogP contribution in [0.4, 0.5) is 0 Å². The van der Waals surface area contributed by atoms with E-state index in [9.17, 15) is 9.00 Å². The van der Waals surface area contributed by atoms with Gasteiger partial charge in [-0.3, -0.25) is 13.6 Å². The molecule has 0 radical (unpaired) electrons. The van der Waals surface area contributed by atoms with Gasteiger partial charge in [0.2, 0.25) is 10.9 Å². The van der Waals surface area contributed by atoms with Crippen LogP contribution in [-0.4, -0.2) is 25.3 Å². The maximum Gasteiger partial charge on any atom is 0.209 e. The Balaban J connectivity index is 2.66. The van der Waals surface area contributed by atoms with E-state index in [0.29, 0.717) is 11.3 Å². The summed E-state index contributed by atoms with van der Waals surface area (Å²) in [5.74, 6) is 0.0504. The number of aryl methyl sites for hydroxylation is 1. The van der Waals surface area contributed by atoms with Crippen molar-refractivity contribution in [2.75, 3.05) is 5.75 Å². The van der Waals surface area contributed by atoms with Gasteiger partial charge in [-0.15, -0.1) is 0 Å². The quantitative estimate of drug-likeness (QED) is 0.585. The molecule has 1 aromatic carbocycles. The Bertz CT molecular complexity index is 779. The molecule has 0 aliphatic heterocycles. The molecule has 6 heteroatoms. The molecule has 122 valence electrons. The van der Waals surface area contributed by atoms with Crippen LogP contribution < -0.4 is 0 Å². The largest absolute Gasteiger partial charge is 0.287 e. The summed E-state index contributed by atoms with van der Waals surface area (Å²) >= 11 is 6.38. The van der Waals surface area contributed by atoms with Crippen LogP contribution in [0.1, 0.15) is 36.8 Å². The highest BCUT2D eigenvalue weighted by molar-refractivity contribution is 7.84. The van der Waals surface area contributed by atoms with Gasteiger partial charge in [0.15, 0.2) is 0 Å². The Kier molecular flexibility index (Phi) is 5.55. The first kappa shape index (κ1) is 17.6. The first-order chi connectivity index (χ1) is 10.9. The smallest absolute Gasteiger partial charge is 0.209 e. The lowest BCUT2D eigenvalue weighted by Gasteiger charge is -2.09. The van der Waals surface area contributed by atoms with E-state index in [0.717, 1.165) is 12.1 Å². The number of aromatic nitrogens is 2. The second-order valence-corrected chi connectivity index (χ2v) is 7.12. The molecule has 4 nitrogen and oxygen atoms in total. The molecular weight excluding hydrogens is 332 g/mol. The minimum Gasteiger partial charge on any atom is -0.287 e. The van der Waals surface area contributed by atoms with E-state index in [1.807, 2.05) is 24.3 Å². The van der Waals surface area contributed by atoms with Crippen molar-refractivity contribution in [1.29, 1.82) is 0 Å². The summed E-state index contributed by atoms with van der Waals surface area (Å²) in [6.45, 7) is 9.10. The number of hydrogen-bond acceptors (Lipinski definition) is 3. The number of nitrogens with zero attached hydrogens (tertiary/aromatic N) is 2. The Hall–Kier alpha value is -1.72. The van der Waals surface area contributed by atoms with Gasteiger partial charge in [-0.25, -0.2) is 4.98 Å². The molecule has 0 aliphatic rings. The fourth-order valence-electron chi connectivity index (χ4n) is 2.11. The van der Waals surface area contributed by atoms with E-state index in [4.69, 9.17) is 11.6 Å². The molecule has 0 saturated carbocycles. The average molecular weight is 351 g/mol. The van der Waals surface area contributed by atoms with Crippen molar-refractivity contribution >= 4 is 28.2 Å². The number of benzene rings is 1. The summed E-state index contributed by atoms with van der Waals surface area (Å²) in [6.07, 6.45) is 0.922. The summed E-state index contributed by atoms with van der Waals surface area (Å²) in [4.78, 5) is 16.5. The summed E-state index contributed by atoms with van der Waals surface area (Å²) in [5.41, 5.74) is 2.35. The van der Waals surface area contributed by atoms with Crippen molar-refractivity contribution in [3.8, 4) is 5.69 Å². The SMILES string of the molecule is C=C(C)C(=O)c1nc(S(=O)CC)n(-c2ccc(CC)cc2)c1Cl. The zero-order valence-electron chi connectivity index (χ0n) is 13.4. The Morgan fingerprint density at radius 1 is 1.30 bits per heavy atom. The number of carbonyl (C=O) groups is 1. The minimum atomic E-state index is -1.34. The Labute approximate surface area is 143 Å². The number of Topliss-reactive ketones (excluding diaryl/α,β-unsaturated/α-hetero) is 1. The van der Waals surface area contributed by atoms with Crippen molar-refractivity contribution in [3.63, 3.8) is 0 Å². The third kappa shape index (κ3) is 3.46. The molecule has 23 heavy (non-hydrogen) atoms. The van der Waals surface area contributed by atoms with E-state index in [2.05, 4.69) is 18.5 Å². The van der Waals surface area contributed by atoms with E-state index in [-0.39, 0.29) is 21.8 Å². The van der Waals surface area contributed by atoms with E-state index >= 15 is 0 Å². The van der Waals surface area contributed by atoms with Gasteiger partial charge in [-0.2, -0.15) is 0 Å². The van der Waals surface area contributed by atoms with Crippen molar-refractivity contribution in [3.05, 3.63) is 52.8 Å². The number of imidazole rings is 1. The van der Waals surface area contributed by atoms with Gasteiger partial charge in [-0.05, 0) is 36.6 Å². The van der Waals surface area contributed by atoms with Crippen molar-refractivity contribution in [2.24, 2.45) is 0 Å². The van der Waals surface area contributed by atoms with Gasteiger partial charge in [0.25, 0.3) is 0 Å². The van der Waals surface area contributed by atoms with Gasteiger partial charge >= 0.3 is 0 Å². The fraction of sp³-hybridized carbons (Fsp3) is 0.294. The van der Waals surface area contributed by atoms with E-state index in [1.54, 1.807) is 18.4 Å². The van der Waals surface area contributed by atoms with E-state index in [1.165, 1.54) is 5.56 Å². The van der Waals surface area contributed by atoms with Crippen LogP contribution in [0.2, 0.25) is 5.15 Å². The number of hydrogen-bond donors (Lipinski definition) is 0. The summed E-state index contributed by atoms with van der Waals surface area (Å²) < 4.78 is 13.9. The number of ketones is 1. The van der Waals surface area contributed by atoms with Gasteiger partial charge < -0.3 is 0 Å². The van der Waals surface area contributed by atoms with Crippen molar-refractivity contribution in [2.45, 2.75) is 32.3 Å². The third-order valence-corrected chi connectivity index (χ3v) is 5.02. The lowest BCUT2D eigenvalue weighted by Crippen LogP contribution is -2.05. The van der Waals surface area contributed by atoms with Gasteiger partial charge in [0.05, 0.1) is 10.8 Å². The van der Waals surface area contributed by atoms with Gasteiger partial charge in [0.1, 0.15) is 10.8 Å². The maximum atomic E-state index is 12.3. The number of halogens is 1. The zero-order valence-corrected chi connectivity index (χ0v) is 15.0. The van der Waals surface area contributed by atoms with E-state index < -0.39 is 10.8 Å². The second-order valence-electron chi connectivity index (χ2n) is 5.13. The Morgan fingerprint density at radius 2 is 1.91 bits per heavy atom. The molecule has 0 N–H and O–H groups in total. The molecule has 0 aliphatic carbocycles. The third-order valence-electron chi connectivity index (χ3n) is 3.46. The lowest BCUT2D eigenvalue weighted by atomic mass is 10.1. The number of allylic oxidation sites excluding steroid dienone is 1. The van der Waals surface area contributed by atoms with Crippen LogP contribution in [0.5, 0.6) is 0 Å². The van der Waals surface area contributed by atoms with Crippen LogP contribution in [-0.2, 0) is 17.2 Å². The van der Waals surface area contributed by atoms with Gasteiger partial charge in [-0.1, -0.05) is 44.2 Å². The molecule has 2 aromatic rings. The fourth-order valence-corrected chi connectivity index (χ4v) is 3.32. The highest BCUT2D eigenvalue weighted by Gasteiger charge is 2.24. The Morgan fingerprint density at radius 3 is 2.39 bits per heavy atom. The molecule has 0 saturated heterocycles. The second kappa shape index (κ2) is 7.23.